The topological polar surface area (TPSA) is 106 Å². The van der Waals surface area contributed by atoms with Crippen molar-refractivity contribution in [1.82, 2.24) is 4.90 Å². The zero-order valence-electron chi connectivity index (χ0n) is 25.0. The fraction of sp³-hybridized carbons (Fsp3) is 0.545. The van der Waals surface area contributed by atoms with Gasteiger partial charge in [-0.1, -0.05) is 42.6 Å². The molecule has 3 atom stereocenters. The summed E-state index contributed by atoms with van der Waals surface area (Å²) in [5, 5.41) is 5.98. The van der Waals surface area contributed by atoms with Crippen molar-refractivity contribution in [2.24, 2.45) is 17.8 Å². The van der Waals surface area contributed by atoms with E-state index in [9.17, 15) is 14.4 Å². The number of likely N-dealkylation sites (tertiary alicyclic amines) is 1. The first-order chi connectivity index (χ1) is 20.9. The second kappa shape index (κ2) is 14.4. The summed E-state index contributed by atoms with van der Waals surface area (Å²) in [6.45, 7) is 1.37. The average Bonchev–Trinajstić information content (AvgIpc) is 3.40. The minimum Gasteiger partial charge on any atom is -0.495 e. The van der Waals surface area contributed by atoms with Crippen molar-refractivity contribution < 1.29 is 28.6 Å². The van der Waals surface area contributed by atoms with Gasteiger partial charge >= 0.3 is 12.0 Å². The van der Waals surface area contributed by atoms with Gasteiger partial charge in [-0.15, -0.1) is 0 Å². The van der Waals surface area contributed by atoms with Crippen LogP contribution in [0.15, 0.2) is 42.5 Å². The summed E-state index contributed by atoms with van der Waals surface area (Å²) in [5.41, 5.74) is 1.83. The van der Waals surface area contributed by atoms with Crippen molar-refractivity contribution in [3.8, 4) is 5.75 Å². The molecule has 1 saturated heterocycles. The second-order valence-corrected chi connectivity index (χ2v) is 12.3. The Morgan fingerprint density at radius 2 is 1.67 bits per heavy atom. The number of urea groups is 1. The Balaban J connectivity index is 1.17. The molecule has 0 bridgehead atoms. The molecule has 43 heavy (non-hydrogen) atoms. The first-order valence-electron chi connectivity index (χ1n) is 15.3. The van der Waals surface area contributed by atoms with E-state index in [2.05, 4.69) is 15.5 Å². The molecule has 0 aromatic heterocycles. The number of fused-ring (bicyclic) bond motifs is 1. The smallest absolute Gasteiger partial charge is 0.323 e. The van der Waals surface area contributed by atoms with Gasteiger partial charge in [-0.05, 0) is 74.3 Å². The molecule has 232 valence electrons. The maximum Gasteiger partial charge on any atom is 0.323 e. The Morgan fingerprint density at radius 1 is 0.930 bits per heavy atom. The molecule has 3 unspecified atom stereocenters. The summed E-state index contributed by atoms with van der Waals surface area (Å²) in [4.78, 5) is 40.2. The van der Waals surface area contributed by atoms with E-state index in [1.807, 2.05) is 12.1 Å². The minimum atomic E-state index is -0.444. The fourth-order valence-corrected chi connectivity index (χ4v) is 7.20. The molecule has 0 radical (unpaired) electrons. The van der Waals surface area contributed by atoms with Crippen LogP contribution in [-0.2, 0) is 25.5 Å². The summed E-state index contributed by atoms with van der Waals surface area (Å²) >= 11 is 6.15. The van der Waals surface area contributed by atoms with Crippen LogP contribution in [0.1, 0.15) is 56.9 Å². The SMILES string of the molecule is COC(=O)C1CCC(OCC2CN(C(=O)Cc3ccc(NC(=O)Nc4ccccc4Cl)c(OC)c3)C3CCCCC23)CC1. The Morgan fingerprint density at radius 3 is 2.42 bits per heavy atom. The van der Waals surface area contributed by atoms with Crippen molar-refractivity contribution in [3.05, 3.63) is 53.1 Å². The number of esters is 1. The molecule has 2 N–H and O–H groups in total. The number of amides is 3. The Bertz CT molecular complexity index is 1300. The van der Waals surface area contributed by atoms with E-state index in [-0.39, 0.29) is 36.4 Å². The number of para-hydroxylation sites is 1. The number of anilines is 2. The Kier molecular flexibility index (Phi) is 10.5. The first-order valence-corrected chi connectivity index (χ1v) is 15.7. The van der Waals surface area contributed by atoms with Crippen LogP contribution in [-0.4, -0.2) is 62.3 Å². The van der Waals surface area contributed by atoms with Gasteiger partial charge in [-0.3, -0.25) is 9.59 Å². The van der Waals surface area contributed by atoms with E-state index < -0.39 is 6.03 Å². The molecule has 9 nitrogen and oxygen atoms in total. The van der Waals surface area contributed by atoms with Crippen LogP contribution in [0.4, 0.5) is 16.2 Å². The predicted octanol–water partition coefficient (Wildman–Crippen LogP) is 6.30. The normalized spacial score (nSPS) is 25.0. The van der Waals surface area contributed by atoms with Gasteiger partial charge in [0.05, 0.1) is 55.7 Å². The van der Waals surface area contributed by atoms with Gasteiger partial charge in [0.2, 0.25) is 5.91 Å². The lowest BCUT2D eigenvalue weighted by molar-refractivity contribution is -0.147. The number of ether oxygens (including phenoxy) is 3. The lowest BCUT2D eigenvalue weighted by atomic mass is 9.80. The predicted molar refractivity (Wildman–Crippen MR) is 165 cm³/mol. The number of hydrogen-bond acceptors (Lipinski definition) is 6. The lowest BCUT2D eigenvalue weighted by Gasteiger charge is -2.33. The van der Waals surface area contributed by atoms with Crippen LogP contribution >= 0.6 is 11.6 Å². The van der Waals surface area contributed by atoms with E-state index in [0.29, 0.717) is 47.1 Å². The van der Waals surface area contributed by atoms with E-state index in [0.717, 1.165) is 50.5 Å². The molecule has 3 fully saturated rings. The van der Waals surface area contributed by atoms with Gasteiger partial charge < -0.3 is 29.7 Å². The average molecular weight is 612 g/mol. The van der Waals surface area contributed by atoms with Crippen LogP contribution in [0.2, 0.25) is 5.02 Å². The van der Waals surface area contributed by atoms with Gasteiger partial charge in [-0.2, -0.15) is 0 Å². The van der Waals surface area contributed by atoms with Gasteiger partial charge in [0.25, 0.3) is 0 Å². The highest BCUT2D eigenvalue weighted by Gasteiger charge is 2.44. The maximum atomic E-state index is 13.7. The molecule has 2 aliphatic carbocycles. The highest BCUT2D eigenvalue weighted by molar-refractivity contribution is 6.33. The number of carbonyl (C=O) groups is 3. The molecule has 2 aromatic carbocycles. The van der Waals surface area contributed by atoms with Crippen molar-refractivity contribution >= 4 is 40.9 Å². The number of methoxy groups -OCH3 is 2. The van der Waals surface area contributed by atoms with Crippen LogP contribution in [0.25, 0.3) is 0 Å². The van der Waals surface area contributed by atoms with Gasteiger partial charge in [-0.25, -0.2) is 4.79 Å². The molecule has 2 saturated carbocycles. The number of halogens is 1. The van der Waals surface area contributed by atoms with Crippen molar-refractivity contribution in [3.63, 3.8) is 0 Å². The monoisotopic (exact) mass is 611 g/mol. The van der Waals surface area contributed by atoms with Crippen molar-refractivity contribution in [2.45, 2.75) is 69.9 Å². The van der Waals surface area contributed by atoms with E-state index in [1.165, 1.54) is 20.6 Å². The summed E-state index contributed by atoms with van der Waals surface area (Å²) in [6.07, 6.45) is 8.28. The fourth-order valence-electron chi connectivity index (χ4n) is 7.02. The van der Waals surface area contributed by atoms with E-state index in [1.54, 1.807) is 30.3 Å². The number of rotatable bonds is 9. The van der Waals surface area contributed by atoms with Crippen molar-refractivity contribution in [2.75, 3.05) is 38.0 Å². The van der Waals surface area contributed by atoms with Gasteiger partial charge in [0.15, 0.2) is 0 Å². The third-order valence-corrected chi connectivity index (χ3v) is 9.61. The molecule has 2 aromatic rings. The lowest BCUT2D eigenvalue weighted by Crippen LogP contribution is -2.40. The Labute approximate surface area is 258 Å². The van der Waals surface area contributed by atoms with Crippen LogP contribution in [0.5, 0.6) is 5.75 Å². The van der Waals surface area contributed by atoms with Crippen molar-refractivity contribution in [1.29, 1.82) is 0 Å². The number of nitrogens with one attached hydrogen (secondary N) is 2. The van der Waals surface area contributed by atoms with E-state index in [4.69, 9.17) is 25.8 Å². The first kappa shape index (κ1) is 31.1. The minimum absolute atomic E-state index is 0.0128. The zero-order valence-corrected chi connectivity index (χ0v) is 25.7. The number of nitrogens with zero attached hydrogens (tertiary/aromatic N) is 1. The molecule has 1 heterocycles. The number of benzene rings is 2. The summed E-state index contributed by atoms with van der Waals surface area (Å²) < 4.78 is 16.9. The third-order valence-electron chi connectivity index (χ3n) is 9.29. The third kappa shape index (κ3) is 7.62. The molecule has 0 spiro atoms. The summed E-state index contributed by atoms with van der Waals surface area (Å²) in [5.74, 6) is 1.24. The number of hydrogen-bond donors (Lipinski definition) is 2. The summed E-state index contributed by atoms with van der Waals surface area (Å²) in [6, 6.07) is 12.2. The van der Waals surface area contributed by atoms with Crippen LogP contribution in [0, 0.1) is 17.8 Å². The molecular formula is C33H42ClN3O6. The van der Waals surface area contributed by atoms with E-state index >= 15 is 0 Å². The largest absolute Gasteiger partial charge is 0.495 e. The Hall–Kier alpha value is -3.30. The molecule has 1 aliphatic heterocycles. The standard InChI is InChI=1S/C33H42ClN3O6/c1-41-30-17-21(11-16-28(30)36-33(40)35-27-9-5-4-8-26(27)34)18-31(38)37-19-23(25-7-3-6-10-29(25)37)20-43-24-14-12-22(13-15-24)32(39)42-2/h4-5,8-9,11,16-17,22-25,29H,3,6-7,10,12-15,18-20H2,1-2H3,(H2,35,36,40). The maximum absolute atomic E-state index is 13.7. The molecule has 5 rings (SSSR count). The molecule has 10 heteroatoms. The molecular weight excluding hydrogens is 570 g/mol. The second-order valence-electron chi connectivity index (χ2n) is 11.9. The van der Waals surface area contributed by atoms with Gasteiger partial charge in [0, 0.05) is 18.5 Å². The zero-order chi connectivity index (χ0) is 30.3. The van der Waals surface area contributed by atoms with Crippen LogP contribution < -0.4 is 15.4 Å². The highest BCUT2D eigenvalue weighted by Crippen LogP contribution is 2.41. The summed E-state index contributed by atoms with van der Waals surface area (Å²) in [7, 11) is 2.99. The molecule has 3 aliphatic rings. The van der Waals surface area contributed by atoms with Gasteiger partial charge in [0.1, 0.15) is 5.75 Å². The quantitative estimate of drug-likeness (QED) is 0.322. The highest BCUT2D eigenvalue weighted by atomic mass is 35.5. The van der Waals surface area contributed by atoms with Crippen LogP contribution in [0.3, 0.4) is 0 Å². The molecule has 3 amide bonds. The number of carbonyl (C=O) groups excluding carboxylic acids is 3.